The van der Waals surface area contributed by atoms with Gasteiger partial charge in [0.25, 0.3) is 0 Å². The van der Waals surface area contributed by atoms with Crippen molar-refractivity contribution in [3.8, 4) is 5.75 Å². The van der Waals surface area contributed by atoms with Gasteiger partial charge in [-0.2, -0.15) is 0 Å². The number of rotatable bonds is 8. The van der Waals surface area contributed by atoms with Gasteiger partial charge in [0, 0.05) is 37.4 Å². The van der Waals surface area contributed by atoms with Crippen molar-refractivity contribution in [1.29, 1.82) is 0 Å². The van der Waals surface area contributed by atoms with Crippen molar-refractivity contribution < 1.29 is 18.8 Å². The maximum atomic E-state index is 13.2. The van der Waals surface area contributed by atoms with E-state index in [0.717, 1.165) is 39.7 Å². The average Bonchev–Trinajstić information content (AvgIpc) is 3.30. The van der Waals surface area contributed by atoms with Crippen LogP contribution in [0.2, 0.25) is 0 Å². The lowest BCUT2D eigenvalue weighted by atomic mass is 10.2. The number of nitrogens with one attached hydrogen (secondary N) is 1. The molecule has 1 atom stereocenters. The lowest BCUT2D eigenvalue weighted by molar-refractivity contribution is -0.132. The first kappa shape index (κ1) is 23.0. The molecule has 9 nitrogen and oxygen atoms in total. The molecule has 0 bridgehead atoms. The zero-order valence-corrected chi connectivity index (χ0v) is 19.6. The maximum absolute atomic E-state index is 13.2. The molecule has 1 N–H and O–H groups in total. The van der Waals surface area contributed by atoms with Crippen molar-refractivity contribution in [1.82, 2.24) is 24.9 Å². The van der Waals surface area contributed by atoms with Crippen molar-refractivity contribution >= 4 is 5.91 Å². The zero-order chi connectivity index (χ0) is 23.4. The van der Waals surface area contributed by atoms with E-state index in [1.54, 1.807) is 13.4 Å². The molecule has 33 heavy (non-hydrogen) atoms. The van der Waals surface area contributed by atoms with Crippen LogP contribution in [0.1, 0.15) is 34.0 Å². The molecule has 1 aliphatic heterocycles. The Kier molecular flexibility index (Phi) is 7.10. The first-order valence-electron chi connectivity index (χ1n) is 11.1. The minimum Gasteiger partial charge on any atom is -0.497 e. The fraction of sp³-hybridized carbons (Fsp3) is 0.458. The second-order valence-electron chi connectivity index (χ2n) is 8.51. The van der Waals surface area contributed by atoms with Crippen LogP contribution < -0.4 is 4.74 Å². The first-order chi connectivity index (χ1) is 15.9. The van der Waals surface area contributed by atoms with E-state index in [1.165, 1.54) is 0 Å². The van der Waals surface area contributed by atoms with Crippen LogP contribution in [-0.4, -0.2) is 63.7 Å². The largest absolute Gasteiger partial charge is 0.497 e. The van der Waals surface area contributed by atoms with Crippen LogP contribution in [0.25, 0.3) is 0 Å². The summed E-state index contributed by atoms with van der Waals surface area (Å²) in [5.74, 6) is 1.60. The number of aryl methyl sites for hydroxylation is 3. The van der Waals surface area contributed by atoms with Gasteiger partial charge in [-0.25, -0.2) is 4.98 Å². The van der Waals surface area contributed by atoms with Crippen molar-refractivity contribution in [2.45, 2.75) is 46.6 Å². The molecule has 176 valence electrons. The highest BCUT2D eigenvalue weighted by atomic mass is 16.5. The summed E-state index contributed by atoms with van der Waals surface area (Å²) in [5.41, 5.74) is 4.75. The molecule has 4 rings (SSSR count). The number of nitrogens with zero attached hydrogens (tertiary/aromatic N) is 4. The summed E-state index contributed by atoms with van der Waals surface area (Å²) in [4.78, 5) is 24.7. The quantitative estimate of drug-likeness (QED) is 0.560. The molecular formula is C24H31N5O4. The van der Waals surface area contributed by atoms with Gasteiger partial charge in [-0.15, -0.1) is 0 Å². The number of imidazole rings is 1. The van der Waals surface area contributed by atoms with E-state index in [9.17, 15) is 4.79 Å². The van der Waals surface area contributed by atoms with Gasteiger partial charge in [-0.05, 0) is 38.5 Å². The molecule has 1 fully saturated rings. The molecular weight excluding hydrogens is 422 g/mol. The highest BCUT2D eigenvalue weighted by molar-refractivity contribution is 5.78. The number of carbonyl (C=O) groups excluding carboxylic acids is 1. The number of hydrogen-bond donors (Lipinski definition) is 1. The average molecular weight is 454 g/mol. The summed E-state index contributed by atoms with van der Waals surface area (Å²) in [5, 5.41) is 4.02. The predicted molar refractivity (Wildman–Crippen MR) is 122 cm³/mol. The van der Waals surface area contributed by atoms with Gasteiger partial charge in [0.1, 0.15) is 11.5 Å². The first-order valence-corrected chi connectivity index (χ1v) is 11.1. The molecule has 9 heteroatoms. The highest BCUT2D eigenvalue weighted by Gasteiger charge is 2.29. The molecule has 1 unspecified atom stereocenters. The van der Waals surface area contributed by atoms with E-state index >= 15 is 0 Å². The van der Waals surface area contributed by atoms with Gasteiger partial charge in [-0.1, -0.05) is 17.3 Å². The van der Waals surface area contributed by atoms with Crippen LogP contribution in [0.15, 0.2) is 35.1 Å². The summed E-state index contributed by atoms with van der Waals surface area (Å²) >= 11 is 0. The normalized spacial score (nSPS) is 17.4. The molecule has 0 aliphatic carbocycles. The maximum Gasteiger partial charge on any atom is 0.237 e. The Bertz CT molecular complexity index is 1070. The molecule has 1 aromatic carbocycles. The third-order valence-corrected chi connectivity index (χ3v) is 6.06. The van der Waals surface area contributed by atoms with Crippen LogP contribution in [0.3, 0.4) is 0 Å². The van der Waals surface area contributed by atoms with Crippen LogP contribution in [0, 0.1) is 20.8 Å². The summed E-state index contributed by atoms with van der Waals surface area (Å²) in [6, 6.07) is 7.81. The Morgan fingerprint density at radius 2 is 2.06 bits per heavy atom. The molecule has 0 spiro atoms. The van der Waals surface area contributed by atoms with E-state index in [4.69, 9.17) is 14.0 Å². The van der Waals surface area contributed by atoms with Crippen molar-refractivity contribution in [2.75, 3.05) is 26.7 Å². The lowest BCUT2D eigenvalue weighted by Crippen LogP contribution is -2.37. The van der Waals surface area contributed by atoms with E-state index in [-0.39, 0.29) is 12.0 Å². The molecule has 3 aromatic rings. The number of aromatic nitrogens is 3. The molecule has 0 saturated carbocycles. The van der Waals surface area contributed by atoms with E-state index in [0.29, 0.717) is 39.3 Å². The number of ether oxygens (including phenoxy) is 2. The Balaban J connectivity index is 1.52. The topological polar surface area (TPSA) is 96.7 Å². The number of H-pyrrole nitrogens is 1. The SMILES string of the molecule is COc1cccc(CN2CC(OCc3c(C)noc3C)CN(Cc3nc[nH]c3C)CC2=O)c1. The smallest absolute Gasteiger partial charge is 0.237 e. The number of hydrogen-bond acceptors (Lipinski definition) is 7. The van der Waals surface area contributed by atoms with E-state index < -0.39 is 0 Å². The monoisotopic (exact) mass is 453 g/mol. The van der Waals surface area contributed by atoms with Crippen LogP contribution in [0.4, 0.5) is 0 Å². The van der Waals surface area contributed by atoms with Crippen LogP contribution in [-0.2, 0) is 29.2 Å². The molecule has 3 heterocycles. The second kappa shape index (κ2) is 10.2. The molecule has 2 aromatic heterocycles. The Morgan fingerprint density at radius 1 is 1.21 bits per heavy atom. The Hall–Kier alpha value is -3.17. The summed E-state index contributed by atoms with van der Waals surface area (Å²) in [7, 11) is 1.64. The van der Waals surface area contributed by atoms with Gasteiger partial charge in [0.2, 0.25) is 5.91 Å². The van der Waals surface area contributed by atoms with Gasteiger partial charge in [0.15, 0.2) is 0 Å². The number of benzene rings is 1. The van der Waals surface area contributed by atoms with E-state index in [2.05, 4.69) is 20.0 Å². The number of methoxy groups -OCH3 is 1. The van der Waals surface area contributed by atoms with Gasteiger partial charge in [-0.3, -0.25) is 9.69 Å². The third-order valence-electron chi connectivity index (χ3n) is 6.06. The van der Waals surface area contributed by atoms with Crippen LogP contribution >= 0.6 is 0 Å². The van der Waals surface area contributed by atoms with E-state index in [1.807, 2.05) is 49.9 Å². The molecule has 1 amide bonds. The van der Waals surface area contributed by atoms with Gasteiger partial charge < -0.3 is 23.9 Å². The second-order valence-corrected chi connectivity index (χ2v) is 8.51. The molecule has 0 radical (unpaired) electrons. The Labute approximate surface area is 193 Å². The summed E-state index contributed by atoms with van der Waals surface area (Å²) in [6.07, 6.45) is 1.51. The number of carbonyl (C=O) groups is 1. The molecule has 1 saturated heterocycles. The van der Waals surface area contributed by atoms with Gasteiger partial charge in [0.05, 0.1) is 44.1 Å². The number of aromatic amines is 1. The Morgan fingerprint density at radius 3 is 2.76 bits per heavy atom. The minimum atomic E-state index is -0.171. The van der Waals surface area contributed by atoms with Gasteiger partial charge >= 0.3 is 0 Å². The zero-order valence-electron chi connectivity index (χ0n) is 19.6. The summed E-state index contributed by atoms with van der Waals surface area (Å²) < 4.78 is 16.9. The van der Waals surface area contributed by atoms with Crippen molar-refractivity contribution in [3.63, 3.8) is 0 Å². The summed E-state index contributed by atoms with van der Waals surface area (Å²) in [6.45, 7) is 8.68. The van der Waals surface area contributed by atoms with Crippen molar-refractivity contribution in [3.05, 3.63) is 64.6 Å². The fourth-order valence-electron chi connectivity index (χ4n) is 4.09. The third kappa shape index (κ3) is 5.61. The number of amides is 1. The fourth-order valence-corrected chi connectivity index (χ4v) is 4.09. The van der Waals surface area contributed by atoms with Crippen LogP contribution in [0.5, 0.6) is 5.75 Å². The standard InChI is InChI=1S/C24H31N5O4/c1-16-22(18(3)33-27-16)14-32-21-10-28(12-23-17(2)25-15-26-23)13-24(30)29(11-21)9-19-6-5-7-20(8-19)31-4/h5-8,15,21H,9-14H2,1-4H3,(H,25,26). The van der Waals surface area contributed by atoms with Crippen molar-refractivity contribution in [2.24, 2.45) is 0 Å². The molecule has 1 aliphatic rings. The minimum absolute atomic E-state index is 0.0643. The predicted octanol–water partition coefficient (Wildman–Crippen LogP) is 2.76. The highest BCUT2D eigenvalue weighted by Crippen LogP contribution is 2.20. The lowest BCUT2D eigenvalue weighted by Gasteiger charge is -2.25.